The molecule has 1 heterocycles. The largest absolute Gasteiger partial charge is 0.351 e. The summed E-state index contributed by atoms with van der Waals surface area (Å²) >= 11 is 0. The maximum absolute atomic E-state index is 13.2. The van der Waals surface area contributed by atoms with Gasteiger partial charge in [0.15, 0.2) is 0 Å². The van der Waals surface area contributed by atoms with Gasteiger partial charge in [0.1, 0.15) is 11.7 Å². The third kappa shape index (κ3) is 3.82. The van der Waals surface area contributed by atoms with Gasteiger partial charge in [-0.3, -0.25) is 0 Å². The van der Waals surface area contributed by atoms with Gasteiger partial charge in [0.2, 0.25) is 0 Å². The van der Waals surface area contributed by atoms with Crippen molar-refractivity contribution in [3.63, 3.8) is 0 Å². The smallest absolute Gasteiger partial charge is 0.284 e. The Hall–Kier alpha value is -2.99. The number of hydrogen-bond acceptors (Lipinski definition) is 2. The lowest BCUT2D eigenvalue weighted by Gasteiger charge is -2.31. The highest BCUT2D eigenvalue weighted by Crippen LogP contribution is 2.23. The van der Waals surface area contributed by atoms with Gasteiger partial charge in [-0.15, -0.1) is 4.40 Å². The molecule has 0 fully saturated rings. The van der Waals surface area contributed by atoms with Crippen LogP contribution in [0, 0.1) is 5.82 Å². The predicted octanol–water partition coefficient (Wildman–Crippen LogP) is 4.02. The Labute approximate surface area is 164 Å². The molecule has 0 bridgehead atoms. The minimum atomic E-state index is -3.97. The lowest BCUT2D eigenvalue weighted by molar-refractivity contribution is 0.395. The molecule has 1 aliphatic heterocycles. The first-order chi connectivity index (χ1) is 13.5. The molecular weight excluding hydrogens is 375 g/mol. The van der Waals surface area contributed by atoms with Gasteiger partial charge in [0.25, 0.3) is 10.0 Å². The van der Waals surface area contributed by atoms with E-state index >= 15 is 0 Å². The Balaban J connectivity index is 1.77. The summed E-state index contributed by atoms with van der Waals surface area (Å²) in [6, 6.07) is 22.2. The zero-order valence-corrected chi connectivity index (χ0v) is 15.9. The van der Waals surface area contributed by atoms with Crippen molar-refractivity contribution < 1.29 is 12.8 Å². The molecule has 142 valence electrons. The molecule has 3 aromatic carbocycles. The summed E-state index contributed by atoms with van der Waals surface area (Å²) in [6.45, 7) is 1.26. The van der Waals surface area contributed by atoms with Crippen LogP contribution in [0.4, 0.5) is 4.39 Å². The van der Waals surface area contributed by atoms with Crippen molar-refractivity contribution in [3.8, 4) is 0 Å². The van der Waals surface area contributed by atoms with Gasteiger partial charge in [-0.05, 0) is 41.8 Å². The van der Waals surface area contributed by atoms with Crippen LogP contribution >= 0.6 is 0 Å². The van der Waals surface area contributed by atoms with E-state index in [2.05, 4.69) is 16.5 Å². The minimum absolute atomic E-state index is 0.0280. The molecule has 0 radical (unpaired) electrons. The molecule has 0 N–H and O–H groups in total. The molecule has 0 saturated heterocycles. The highest BCUT2D eigenvalue weighted by Gasteiger charge is 2.23. The van der Waals surface area contributed by atoms with E-state index in [0.717, 1.165) is 29.7 Å². The second-order valence-electron chi connectivity index (χ2n) is 6.65. The van der Waals surface area contributed by atoms with Gasteiger partial charge in [-0.25, -0.2) is 4.39 Å². The third-order valence-electron chi connectivity index (χ3n) is 4.78. The summed E-state index contributed by atoms with van der Waals surface area (Å²) in [5.41, 5.74) is 3.16. The van der Waals surface area contributed by atoms with Crippen molar-refractivity contribution in [2.45, 2.75) is 17.9 Å². The first kappa shape index (κ1) is 18.4. The highest BCUT2D eigenvalue weighted by molar-refractivity contribution is 7.90. The third-order valence-corrected chi connectivity index (χ3v) is 6.06. The van der Waals surface area contributed by atoms with E-state index in [-0.39, 0.29) is 4.90 Å². The average molecular weight is 394 g/mol. The number of halogens is 1. The summed E-state index contributed by atoms with van der Waals surface area (Å²) < 4.78 is 43.1. The molecule has 4 nitrogen and oxygen atoms in total. The quantitative estimate of drug-likeness (QED) is 0.498. The molecular formula is C22H19FN2O2S. The topological polar surface area (TPSA) is 49.7 Å². The Bertz CT molecular complexity index is 1110. The van der Waals surface area contributed by atoms with Crippen LogP contribution < -0.4 is 0 Å². The number of fused-ring (bicyclic) bond motifs is 1. The fraction of sp³-hybridized carbons (Fsp3) is 0.136. The second-order valence-corrected chi connectivity index (χ2v) is 8.25. The standard InChI is InChI=1S/C22H19FN2O2S/c23-20-10-12-21(13-11-20)28(26,27)24-22(18-7-2-1-3-8-18)25-15-14-17-6-4-5-9-19(17)16-25/h1-13H,14-16H2/b24-22+. The molecule has 4 rings (SSSR count). The first-order valence-corrected chi connectivity index (χ1v) is 10.4. The van der Waals surface area contributed by atoms with E-state index in [4.69, 9.17) is 0 Å². The van der Waals surface area contributed by atoms with Crippen molar-refractivity contribution in [2.75, 3.05) is 6.54 Å². The number of amidine groups is 1. The van der Waals surface area contributed by atoms with Crippen molar-refractivity contribution >= 4 is 15.9 Å². The summed E-state index contributed by atoms with van der Waals surface area (Å²) in [5.74, 6) is -0.0849. The number of sulfonamides is 1. The van der Waals surface area contributed by atoms with Crippen molar-refractivity contribution in [1.82, 2.24) is 4.90 Å². The van der Waals surface area contributed by atoms with E-state index in [1.165, 1.54) is 17.7 Å². The van der Waals surface area contributed by atoms with Crippen LogP contribution in [0.5, 0.6) is 0 Å². The fourth-order valence-electron chi connectivity index (χ4n) is 3.33. The zero-order valence-electron chi connectivity index (χ0n) is 15.1. The van der Waals surface area contributed by atoms with Crippen LogP contribution in [-0.2, 0) is 23.0 Å². The van der Waals surface area contributed by atoms with Crippen LogP contribution in [0.1, 0.15) is 16.7 Å². The molecule has 0 atom stereocenters. The Kier molecular flexibility index (Phi) is 4.96. The SMILES string of the molecule is O=S(=O)(/N=C(\c1ccccc1)N1CCc2ccccc2C1)c1ccc(F)cc1. The van der Waals surface area contributed by atoms with Crippen LogP contribution in [0.15, 0.2) is 88.2 Å². The minimum Gasteiger partial charge on any atom is -0.351 e. The van der Waals surface area contributed by atoms with Gasteiger partial charge in [0, 0.05) is 18.7 Å². The summed E-state index contributed by atoms with van der Waals surface area (Å²) in [7, 11) is -3.97. The molecule has 6 heteroatoms. The van der Waals surface area contributed by atoms with Crippen LogP contribution in [-0.4, -0.2) is 25.7 Å². The van der Waals surface area contributed by atoms with E-state index in [1.807, 2.05) is 47.4 Å². The second kappa shape index (κ2) is 7.56. The van der Waals surface area contributed by atoms with Crippen molar-refractivity contribution in [1.29, 1.82) is 0 Å². The Morgan fingerprint density at radius 2 is 1.50 bits per heavy atom. The molecule has 0 aliphatic carbocycles. The number of benzene rings is 3. The molecule has 0 spiro atoms. The van der Waals surface area contributed by atoms with Crippen LogP contribution in [0.25, 0.3) is 0 Å². The number of nitrogens with zero attached hydrogens (tertiary/aromatic N) is 2. The Morgan fingerprint density at radius 1 is 0.857 bits per heavy atom. The van der Waals surface area contributed by atoms with Gasteiger partial charge in [-0.2, -0.15) is 8.42 Å². The molecule has 3 aromatic rings. The van der Waals surface area contributed by atoms with E-state index in [9.17, 15) is 12.8 Å². The Morgan fingerprint density at radius 3 is 2.21 bits per heavy atom. The lowest BCUT2D eigenvalue weighted by Crippen LogP contribution is -2.37. The maximum atomic E-state index is 13.2. The number of hydrogen-bond donors (Lipinski definition) is 0. The maximum Gasteiger partial charge on any atom is 0.284 e. The van der Waals surface area contributed by atoms with Gasteiger partial charge in [0.05, 0.1) is 4.90 Å². The van der Waals surface area contributed by atoms with E-state index in [1.54, 1.807) is 0 Å². The molecule has 0 amide bonds. The van der Waals surface area contributed by atoms with Crippen molar-refractivity contribution in [2.24, 2.45) is 4.40 Å². The van der Waals surface area contributed by atoms with E-state index in [0.29, 0.717) is 18.9 Å². The van der Waals surface area contributed by atoms with Crippen LogP contribution in [0.2, 0.25) is 0 Å². The van der Waals surface area contributed by atoms with Crippen molar-refractivity contribution in [3.05, 3.63) is 101 Å². The predicted molar refractivity (Wildman–Crippen MR) is 107 cm³/mol. The lowest BCUT2D eigenvalue weighted by atomic mass is 9.99. The molecule has 0 unspecified atom stereocenters. The fourth-order valence-corrected chi connectivity index (χ4v) is 4.36. The normalized spacial score (nSPS) is 14.6. The summed E-state index contributed by atoms with van der Waals surface area (Å²) in [5, 5.41) is 0. The summed E-state index contributed by atoms with van der Waals surface area (Å²) in [4.78, 5) is 1.96. The first-order valence-electron chi connectivity index (χ1n) is 9.01. The summed E-state index contributed by atoms with van der Waals surface area (Å²) in [6.07, 6.45) is 0.818. The highest BCUT2D eigenvalue weighted by atomic mass is 32.2. The van der Waals surface area contributed by atoms with Gasteiger partial charge >= 0.3 is 0 Å². The molecule has 28 heavy (non-hydrogen) atoms. The van der Waals surface area contributed by atoms with E-state index < -0.39 is 15.8 Å². The van der Waals surface area contributed by atoms with Crippen LogP contribution in [0.3, 0.4) is 0 Å². The number of rotatable bonds is 3. The molecule has 0 saturated carbocycles. The van der Waals surface area contributed by atoms with Gasteiger partial charge < -0.3 is 4.90 Å². The molecule has 0 aromatic heterocycles. The monoisotopic (exact) mass is 394 g/mol. The average Bonchev–Trinajstić information content (AvgIpc) is 2.73. The molecule has 1 aliphatic rings. The zero-order chi connectivity index (χ0) is 19.6. The van der Waals surface area contributed by atoms with Gasteiger partial charge in [-0.1, -0.05) is 54.6 Å².